The van der Waals surface area contributed by atoms with Gasteiger partial charge in [-0.05, 0) is 74.9 Å². The number of allylic oxidation sites excluding steroid dienone is 1. The summed E-state index contributed by atoms with van der Waals surface area (Å²) in [6.07, 6.45) is -1.30. The maximum atomic E-state index is 13.7. The first-order valence-corrected chi connectivity index (χ1v) is 14.8. The van der Waals surface area contributed by atoms with Crippen molar-refractivity contribution < 1.29 is 38.8 Å². The van der Waals surface area contributed by atoms with E-state index in [1.54, 1.807) is 97.9 Å². The summed E-state index contributed by atoms with van der Waals surface area (Å²) in [5.74, 6) is -2.41. The topological polar surface area (TPSA) is 119 Å². The summed E-state index contributed by atoms with van der Waals surface area (Å²) >= 11 is 0. The quantitative estimate of drug-likeness (QED) is 0.197. The molecule has 0 aliphatic heterocycles. The van der Waals surface area contributed by atoms with Crippen molar-refractivity contribution in [1.29, 1.82) is 0 Å². The average molecular weight is 599 g/mol. The molecule has 3 aromatic carbocycles. The Morgan fingerprint density at radius 1 is 0.795 bits per heavy atom. The minimum Gasteiger partial charge on any atom is -0.458 e. The van der Waals surface area contributed by atoms with Crippen LogP contribution in [-0.4, -0.2) is 58.1 Å². The van der Waals surface area contributed by atoms with Crippen LogP contribution in [0.15, 0.2) is 103 Å². The van der Waals surface area contributed by atoms with E-state index in [9.17, 15) is 24.6 Å². The fraction of sp³-hybridized carbons (Fsp3) is 0.361. The molecule has 8 nitrogen and oxygen atoms in total. The van der Waals surface area contributed by atoms with E-state index in [1.807, 2.05) is 6.92 Å². The highest BCUT2D eigenvalue weighted by atomic mass is 16.6. The molecular formula is C36H38O8. The van der Waals surface area contributed by atoms with Gasteiger partial charge in [0.1, 0.15) is 17.8 Å². The molecule has 0 bridgehead atoms. The molecule has 0 radical (unpaired) electrons. The average Bonchev–Trinajstić information content (AvgIpc) is 3.04. The molecular weight excluding hydrogens is 560 g/mol. The maximum Gasteiger partial charge on any atom is 0.339 e. The highest BCUT2D eigenvalue weighted by molar-refractivity contribution is 5.91. The number of rotatable bonds is 8. The fourth-order valence-corrected chi connectivity index (χ4v) is 6.88. The zero-order chi connectivity index (χ0) is 31.5. The van der Waals surface area contributed by atoms with Crippen LogP contribution in [0.3, 0.4) is 0 Å². The van der Waals surface area contributed by atoms with Gasteiger partial charge < -0.3 is 24.4 Å². The molecule has 3 aromatic rings. The summed E-state index contributed by atoms with van der Waals surface area (Å²) < 4.78 is 18.3. The molecule has 8 heteroatoms. The molecule has 0 saturated heterocycles. The van der Waals surface area contributed by atoms with Crippen molar-refractivity contribution in [1.82, 2.24) is 0 Å². The van der Waals surface area contributed by atoms with Crippen LogP contribution in [0.4, 0.5) is 0 Å². The van der Waals surface area contributed by atoms with Crippen LogP contribution in [-0.2, 0) is 14.2 Å². The lowest BCUT2D eigenvalue weighted by Crippen LogP contribution is -2.78. The van der Waals surface area contributed by atoms with Gasteiger partial charge in [0.2, 0.25) is 5.60 Å². The smallest absolute Gasteiger partial charge is 0.339 e. The van der Waals surface area contributed by atoms with E-state index in [0.717, 1.165) is 5.57 Å². The molecule has 2 aliphatic rings. The van der Waals surface area contributed by atoms with Crippen LogP contribution in [0.1, 0.15) is 70.6 Å². The number of aliphatic hydroxyl groups is 2. The zero-order valence-electron chi connectivity index (χ0n) is 25.0. The second-order valence-corrected chi connectivity index (χ2v) is 12.1. The Labute approximate surface area is 257 Å². The van der Waals surface area contributed by atoms with Crippen molar-refractivity contribution in [2.24, 2.45) is 11.3 Å². The lowest BCUT2D eigenvalue weighted by molar-refractivity contribution is -0.314. The summed E-state index contributed by atoms with van der Waals surface area (Å²) in [5, 5.41) is 24.2. The summed E-state index contributed by atoms with van der Waals surface area (Å²) in [6, 6.07) is 25.1. The van der Waals surface area contributed by atoms with Crippen molar-refractivity contribution in [2.75, 3.05) is 6.61 Å². The van der Waals surface area contributed by atoms with Crippen molar-refractivity contribution in [3.63, 3.8) is 0 Å². The Bertz CT molecular complexity index is 1510. The van der Waals surface area contributed by atoms with Gasteiger partial charge in [-0.25, -0.2) is 14.4 Å². The summed E-state index contributed by atoms with van der Waals surface area (Å²) in [6.45, 7) is 6.87. The first-order chi connectivity index (χ1) is 21.0. The molecule has 0 spiro atoms. The minimum atomic E-state index is -2.11. The number of benzene rings is 3. The fourth-order valence-electron chi connectivity index (χ4n) is 6.88. The van der Waals surface area contributed by atoms with Crippen LogP contribution >= 0.6 is 0 Å². The number of hydrogen-bond donors (Lipinski definition) is 2. The van der Waals surface area contributed by atoms with Gasteiger partial charge in [0, 0.05) is 5.41 Å². The number of carbonyl (C=O) groups excluding carboxylic acids is 3. The normalized spacial score (nSPS) is 29.5. The van der Waals surface area contributed by atoms with Crippen molar-refractivity contribution >= 4 is 17.9 Å². The first kappa shape index (κ1) is 31.2. The molecule has 0 aromatic heterocycles. The number of fused-ring (bicyclic) bond motifs is 1. The van der Waals surface area contributed by atoms with Gasteiger partial charge in [0.25, 0.3) is 0 Å². The molecule has 2 saturated carbocycles. The Balaban J connectivity index is 1.61. The number of esters is 3. The molecule has 2 aliphatic carbocycles. The van der Waals surface area contributed by atoms with Crippen LogP contribution < -0.4 is 0 Å². The van der Waals surface area contributed by atoms with Gasteiger partial charge in [0.15, 0.2) is 0 Å². The predicted molar refractivity (Wildman–Crippen MR) is 163 cm³/mol. The van der Waals surface area contributed by atoms with Crippen LogP contribution in [0, 0.1) is 11.3 Å². The largest absolute Gasteiger partial charge is 0.458 e. The Kier molecular flexibility index (Phi) is 8.77. The molecule has 2 fully saturated rings. The Morgan fingerprint density at radius 3 is 1.70 bits per heavy atom. The van der Waals surface area contributed by atoms with Gasteiger partial charge in [-0.3, -0.25) is 0 Å². The van der Waals surface area contributed by atoms with Crippen molar-refractivity contribution in [2.45, 2.75) is 62.9 Å². The number of aliphatic hydroxyl groups excluding tert-OH is 1. The second kappa shape index (κ2) is 12.4. The van der Waals surface area contributed by atoms with Crippen LogP contribution in [0.5, 0.6) is 0 Å². The standard InChI is InChI=1S/C36H38O8/c1-24(2)28-21-30(43-32(39)26-15-9-5-10-16-26)34(3)20-19-29(42-31(38)25-13-7-4-8-14-25)35(23-37,36(34,41)22-28)44-33(40)27-17-11-6-12-18-27/h4-18,28-30,37,41H,1,19-23H2,2-3H3/t28-,29-,30-,34+,35+,36+/m1/s1. The second-order valence-electron chi connectivity index (χ2n) is 12.1. The Morgan fingerprint density at radius 2 is 1.25 bits per heavy atom. The van der Waals surface area contributed by atoms with Crippen LogP contribution in [0.25, 0.3) is 0 Å². The number of carbonyl (C=O) groups is 3. The molecule has 0 heterocycles. The monoisotopic (exact) mass is 598 g/mol. The third kappa shape index (κ3) is 5.44. The van der Waals surface area contributed by atoms with Crippen LogP contribution in [0.2, 0.25) is 0 Å². The summed E-state index contributed by atoms with van der Waals surface area (Å²) in [7, 11) is 0. The zero-order valence-corrected chi connectivity index (χ0v) is 25.0. The van der Waals surface area contributed by atoms with E-state index in [2.05, 4.69) is 6.58 Å². The van der Waals surface area contributed by atoms with E-state index in [-0.39, 0.29) is 36.3 Å². The van der Waals surface area contributed by atoms with E-state index in [4.69, 9.17) is 14.2 Å². The van der Waals surface area contributed by atoms with Gasteiger partial charge >= 0.3 is 17.9 Å². The lowest BCUT2D eigenvalue weighted by Gasteiger charge is -2.64. The SMILES string of the molecule is C=C(C)[C@@H]1C[C@@H](OC(=O)c2ccccc2)[C@]2(C)CC[C@@H](OC(=O)c3ccccc3)[C@](CO)(OC(=O)c3ccccc3)[C@]2(O)C1. The summed E-state index contributed by atoms with van der Waals surface area (Å²) in [5.41, 5.74) is -3.78. The van der Waals surface area contributed by atoms with Gasteiger partial charge in [-0.2, -0.15) is 0 Å². The molecule has 44 heavy (non-hydrogen) atoms. The molecule has 0 amide bonds. The van der Waals surface area contributed by atoms with Crippen molar-refractivity contribution in [3.8, 4) is 0 Å². The minimum absolute atomic E-state index is 0.0280. The van der Waals surface area contributed by atoms with Crippen molar-refractivity contribution in [3.05, 3.63) is 120 Å². The highest BCUT2D eigenvalue weighted by Gasteiger charge is 2.74. The highest BCUT2D eigenvalue weighted by Crippen LogP contribution is 2.61. The van der Waals surface area contributed by atoms with Gasteiger partial charge in [-0.1, -0.05) is 73.7 Å². The molecule has 5 rings (SSSR count). The molecule has 230 valence electrons. The first-order valence-electron chi connectivity index (χ1n) is 14.8. The molecule has 6 atom stereocenters. The molecule has 0 unspecified atom stereocenters. The third-order valence-electron chi connectivity index (χ3n) is 9.58. The third-order valence-corrected chi connectivity index (χ3v) is 9.58. The Hall–Kier alpha value is -4.27. The van der Waals surface area contributed by atoms with E-state index < -0.39 is 53.3 Å². The predicted octanol–water partition coefficient (Wildman–Crippen LogP) is 5.54. The van der Waals surface area contributed by atoms with E-state index in [1.165, 1.54) is 0 Å². The number of ether oxygens (including phenoxy) is 3. The lowest BCUT2D eigenvalue weighted by atomic mass is 9.47. The number of hydrogen-bond acceptors (Lipinski definition) is 8. The van der Waals surface area contributed by atoms with E-state index >= 15 is 0 Å². The van der Waals surface area contributed by atoms with Gasteiger partial charge in [-0.15, -0.1) is 0 Å². The van der Waals surface area contributed by atoms with E-state index in [0.29, 0.717) is 12.0 Å². The summed E-state index contributed by atoms with van der Waals surface area (Å²) in [4.78, 5) is 40.4. The van der Waals surface area contributed by atoms with Gasteiger partial charge in [0.05, 0.1) is 23.3 Å². The maximum absolute atomic E-state index is 13.7. The molecule has 2 N–H and O–H groups in total.